The number of halogens is 2. The third-order valence-electron chi connectivity index (χ3n) is 2.74. The van der Waals surface area contributed by atoms with Gasteiger partial charge in [-0.15, -0.1) is 0 Å². The molecule has 2 nitrogen and oxygen atoms in total. The van der Waals surface area contributed by atoms with Crippen LogP contribution in [0.4, 0.5) is 8.78 Å². The van der Waals surface area contributed by atoms with E-state index in [1.54, 1.807) is 12.2 Å². The van der Waals surface area contributed by atoms with Crippen LogP contribution in [0.5, 0.6) is 5.75 Å². The molecule has 0 atom stereocenters. The number of hydrogen-bond donors (Lipinski definition) is 0. The maximum atomic E-state index is 13.7. The molecule has 0 fully saturated rings. The van der Waals surface area contributed by atoms with Crippen LogP contribution in [0.25, 0.3) is 0 Å². The monoisotopic (exact) mass is 250 g/mol. The molecule has 0 saturated heterocycles. The van der Waals surface area contributed by atoms with Gasteiger partial charge in [0.1, 0.15) is 5.82 Å². The highest BCUT2D eigenvalue weighted by Crippen LogP contribution is 2.24. The van der Waals surface area contributed by atoms with Gasteiger partial charge in [-0.25, -0.2) is 8.78 Å². The topological polar surface area (TPSA) is 26.3 Å². The van der Waals surface area contributed by atoms with Crippen molar-refractivity contribution < 1.29 is 18.3 Å². The Balaban J connectivity index is 2.39. The average molecular weight is 250 g/mol. The average Bonchev–Trinajstić information content (AvgIpc) is 2.41. The standard InChI is InChI=1S/C14H12F2O2/c1-18-13-8-11(15)10(7-12(13)16)14(17)9-5-3-2-4-6-9/h3,5-8H,2,4H2,1H3. The van der Waals surface area contributed by atoms with Crippen molar-refractivity contribution in [2.75, 3.05) is 7.11 Å². The molecule has 0 aromatic heterocycles. The SMILES string of the molecule is COc1cc(F)c(C(=O)C2=CCCC=C2)cc1F. The Morgan fingerprint density at radius 1 is 1.22 bits per heavy atom. The molecular weight excluding hydrogens is 238 g/mol. The summed E-state index contributed by atoms with van der Waals surface area (Å²) in [4.78, 5) is 12.0. The van der Waals surface area contributed by atoms with Crippen LogP contribution in [-0.4, -0.2) is 12.9 Å². The molecule has 1 aromatic carbocycles. The summed E-state index contributed by atoms with van der Waals surface area (Å²) < 4.78 is 31.8. The fourth-order valence-electron chi connectivity index (χ4n) is 1.80. The maximum absolute atomic E-state index is 13.7. The molecule has 1 aromatic rings. The first-order chi connectivity index (χ1) is 8.63. The Morgan fingerprint density at radius 3 is 2.61 bits per heavy atom. The van der Waals surface area contributed by atoms with Gasteiger partial charge in [-0.3, -0.25) is 4.79 Å². The van der Waals surface area contributed by atoms with E-state index in [1.807, 2.05) is 6.08 Å². The Labute approximate surface area is 104 Å². The lowest BCUT2D eigenvalue weighted by molar-refractivity contribution is 0.103. The first kappa shape index (κ1) is 12.5. The normalized spacial score (nSPS) is 14.3. The Hall–Kier alpha value is -1.97. The molecule has 0 unspecified atom stereocenters. The van der Waals surface area contributed by atoms with Crippen LogP contribution in [0.15, 0.2) is 35.9 Å². The first-order valence-electron chi connectivity index (χ1n) is 5.58. The second-order valence-corrected chi connectivity index (χ2v) is 3.93. The van der Waals surface area contributed by atoms with Crippen LogP contribution >= 0.6 is 0 Å². The van der Waals surface area contributed by atoms with Gasteiger partial charge in [0.15, 0.2) is 17.3 Å². The zero-order valence-electron chi connectivity index (χ0n) is 9.87. The molecule has 2 rings (SSSR count). The van der Waals surface area contributed by atoms with Crippen molar-refractivity contribution >= 4 is 5.78 Å². The van der Waals surface area contributed by atoms with Crippen molar-refractivity contribution in [1.82, 2.24) is 0 Å². The van der Waals surface area contributed by atoms with E-state index in [0.29, 0.717) is 5.57 Å². The van der Waals surface area contributed by atoms with Crippen molar-refractivity contribution in [2.45, 2.75) is 12.8 Å². The minimum absolute atomic E-state index is 0.211. The Bertz CT molecular complexity index is 545. The minimum Gasteiger partial charge on any atom is -0.494 e. The molecule has 0 heterocycles. The smallest absolute Gasteiger partial charge is 0.195 e. The molecular formula is C14H12F2O2. The predicted molar refractivity (Wildman–Crippen MR) is 63.7 cm³/mol. The summed E-state index contributed by atoms with van der Waals surface area (Å²) in [6, 6.07) is 1.76. The summed E-state index contributed by atoms with van der Waals surface area (Å²) in [5.74, 6) is -2.25. The van der Waals surface area contributed by atoms with Gasteiger partial charge in [0.25, 0.3) is 0 Å². The van der Waals surface area contributed by atoms with E-state index >= 15 is 0 Å². The van der Waals surface area contributed by atoms with Crippen molar-refractivity contribution in [1.29, 1.82) is 0 Å². The van der Waals surface area contributed by atoms with Gasteiger partial charge in [-0.2, -0.15) is 0 Å². The van der Waals surface area contributed by atoms with E-state index in [0.717, 1.165) is 25.0 Å². The fourth-order valence-corrected chi connectivity index (χ4v) is 1.80. The van der Waals surface area contributed by atoms with E-state index in [-0.39, 0.29) is 11.3 Å². The van der Waals surface area contributed by atoms with Gasteiger partial charge in [-0.1, -0.05) is 18.2 Å². The van der Waals surface area contributed by atoms with Crippen molar-refractivity contribution in [2.24, 2.45) is 0 Å². The number of ether oxygens (including phenoxy) is 1. The molecule has 0 aliphatic heterocycles. The summed E-state index contributed by atoms with van der Waals surface area (Å²) in [6.07, 6.45) is 6.79. The van der Waals surface area contributed by atoms with Gasteiger partial charge in [0.05, 0.1) is 12.7 Å². The van der Waals surface area contributed by atoms with Gasteiger partial charge >= 0.3 is 0 Å². The number of carbonyl (C=O) groups is 1. The molecule has 1 aliphatic carbocycles. The van der Waals surface area contributed by atoms with Crippen LogP contribution in [-0.2, 0) is 0 Å². The van der Waals surface area contributed by atoms with E-state index < -0.39 is 17.4 Å². The lowest BCUT2D eigenvalue weighted by atomic mass is 9.98. The van der Waals surface area contributed by atoms with Crippen LogP contribution in [0.2, 0.25) is 0 Å². The van der Waals surface area contributed by atoms with E-state index in [9.17, 15) is 13.6 Å². The quantitative estimate of drug-likeness (QED) is 0.768. The van der Waals surface area contributed by atoms with E-state index in [2.05, 4.69) is 4.74 Å². The van der Waals surface area contributed by atoms with Crippen LogP contribution in [0.3, 0.4) is 0 Å². The third-order valence-corrected chi connectivity index (χ3v) is 2.74. The highest BCUT2D eigenvalue weighted by atomic mass is 19.1. The summed E-state index contributed by atoms with van der Waals surface area (Å²) in [7, 11) is 1.24. The molecule has 0 bridgehead atoms. The highest BCUT2D eigenvalue weighted by Gasteiger charge is 2.19. The van der Waals surface area contributed by atoms with Crippen LogP contribution in [0, 0.1) is 11.6 Å². The third kappa shape index (κ3) is 2.32. The summed E-state index contributed by atoms with van der Waals surface area (Å²) in [5, 5.41) is 0. The van der Waals surface area contributed by atoms with Gasteiger partial charge in [0, 0.05) is 11.6 Å². The van der Waals surface area contributed by atoms with E-state index in [1.165, 1.54) is 7.11 Å². The van der Waals surface area contributed by atoms with Crippen LogP contribution < -0.4 is 4.74 Å². The molecule has 0 spiro atoms. The molecule has 0 radical (unpaired) electrons. The van der Waals surface area contributed by atoms with E-state index in [4.69, 9.17) is 0 Å². The minimum atomic E-state index is -0.780. The molecule has 0 saturated carbocycles. The van der Waals surface area contributed by atoms with Crippen molar-refractivity contribution in [3.8, 4) is 5.75 Å². The van der Waals surface area contributed by atoms with Gasteiger partial charge in [-0.05, 0) is 18.9 Å². The summed E-state index contributed by atoms with van der Waals surface area (Å²) in [6.45, 7) is 0. The molecule has 94 valence electrons. The number of ketones is 1. The zero-order valence-corrected chi connectivity index (χ0v) is 9.87. The van der Waals surface area contributed by atoms with Gasteiger partial charge in [0.2, 0.25) is 0 Å². The number of benzene rings is 1. The van der Waals surface area contributed by atoms with Gasteiger partial charge < -0.3 is 4.74 Å². The van der Waals surface area contributed by atoms with Crippen molar-refractivity contribution in [3.63, 3.8) is 0 Å². The first-order valence-corrected chi connectivity index (χ1v) is 5.58. The molecule has 1 aliphatic rings. The zero-order chi connectivity index (χ0) is 13.1. The maximum Gasteiger partial charge on any atom is 0.195 e. The number of hydrogen-bond acceptors (Lipinski definition) is 2. The summed E-state index contributed by atoms with van der Waals surface area (Å²) >= 11 is 0. The largest absolute Gasteiger partial charge is 0.494 e. The fraction of sp³-hybridized carbons (Fsp3) is 0.214. The Morgan fingerprint density at radius 2 is 2.00 bits per heavy atom. The molecule has 18 heavy (non-hydrogen) atoms. The number of methoxy groups -OCH3 is 1. The number of carbonyl (C=O) groups excluding carboxylic acids is 1. The second-order valence-electron chi connectivity index (χ2n) is 3.93. The lowest BCUT2D eigenvalue weighted by Gasteiger charge is -2.09. The molecule has 0 amide bonds. The number of allylic oxidation sites excluding steroid dienone is 4. The van der Waals surface area contributed by atoms with Crippen LogP contribution in [0.1, 0.15) is 23.2 Å². The predicted octanol–water partition coefficient (Wildman–Crippen LogP) is 3.43. The lowest BCUT2D eigenvalue weighted by Crippen LogP contribution is -2.07. The number of Topliss-reactive ketones (excluding diaryl/α,β-unsaturated/α-hetero) is 1. The number of rotatable bonds is 3. The Kier molecular flexibility index (Phi) is 3.55. The highest BCUT2D eigenvalue weighted by molar-refractivity contribution is 6.10. The van der Waals surface area contributed by atoms with Crippen molar-refractivity contribution in [3.05, 3.63) is 53.1 Å². The molecule has 0 N–H and O–H groups in total. The summed E-state index contributed by atoms with van der Waals surface area (Å²) in [5.41, 5.74) is 0.121. The molecule has 4 heteroatoms. The second kappa shape index (κ2) is 5.12.